The van der Waals surface area contributed by atoms with Crippen LogP contribution in [0.15, 0.2) is 72.8 Å². The largest absolute Gasteiger partial charge is 0.493 e. The van der Waals surface area contributed by atoms with Gasteiger partial charge in [-0.3, -0.25) is 9.59 Å². The van der Waals surface area contributed by atoms with Crippen molar-refractivity contribution in [1.29, 1.82) is 0 Å². The average Bonchev–Trinajstić information content (AvgIpc) is 3.24. The highest BCUT2D eigenvalue weighted by Crippen LogP contribution is 2.30. The lowest BCUT2D eigenvalue weighted by Gasteiger charge is -2.17. The molecule has 1 aliphatic rings. The van der Waals surface area contributed by atoms with Gasteiger partial charge in [0, 0.05) is 29.9 Å². The molecule has 1 saturated heterocycles. The zero-order valence-electron chi connectivity index (χ0n) is 17.3. The fraction of sp³-hybridized carbons (Fsp3) is 0.200. The van der Waals surface area contributed by atoms with Gasteiger partial charge in [0.05, 0.1) is 7.11 Å². The minimum Gasteiger partial charge on any atom is -0.493 e. The quantitative estimate of drug-likeness (QED) is 0.609. The summed E-state index contributed by atoms with van der Waals surface area (Å²) in [6.07, 6.45) is 1.42. The Hall–Kier alpha value is -3.80. The Kier molecular flexibility index (Phi) is 6.17. The van der Waals surface area contributed by atoms with Gasteiger partial charge in [0.2, 0.25) is 5.91 Å². The van der Waals surface area contributed by atoms with Gasteiger partial charge in [0.25, 0.3) is 5.91 Å². The molecule has 3 aromatic rings. The van der Waals surface area contributed by atoms with E-state index in [1.54, 1.807) is 36.3 Å². The van der Waals surface area contributed by atoms with Gasteiger partial charge in [-0.2, -0.15) is 0 Å². The Morgan fingerprint density at radius 3 is 2.58 bits per heavy atom. The van der Waals surface area contributed by atoms with Gasteiger partial charge < -0.3 is 19.7 Å². The fourth-order valence-corrected chi connectivity index (χ4v) is 3.54. The van der Waals surface area contributed by atoms with Crippen LogP contribution in [0.2, 0.25) is 0 Å². The van der Waals surface area contributed by atoms with Crippen LogP contribution in [0.3, 0.4) is 0 Å². The lowest BCUT2D eigenvalue weighted by molar-refractivity contribution is -0.117. The van der Waals surface area contributed by atoms with Crippen molar-refractivity contribution in [2.24, 2.45) is 0 Å². The summed E-state index contributed by atoms with van der Waals surface area (Å²) in [5.74, 6) is 0.898. The molecule has 1 heterocycles. The van der Waals surface area contributed by atoms with Crippen LogP contribution >= 0.6 is 0 Å². The van der Waals surface area contributed by atoms with E-state index in [0.717, 1.165) is 17.7 Å². The molecule has 1 N–H and O–H groups in total. The molecule has 0 aromatic heterocycles. The summed E-state index contributed by atoms with van der Waals surface area (Å²) in [6.45, 7) is 1.11. The number of rotatable bonds is 7. The number of ether oxygens (including phenoxy) is 2. The number of hydrogen-bond acceptors (Lipinski definition) is 4. The molecule has 0 radical (unpaired) electrons. The van der Waals surface area contributed by atoms with Crippen molar-refractivity contribution >= 4 is 23.2 Å². The second kappa shape index (κ2) is 9.34. The Bertz CT molecular complexity index is 1080. The second-order valence-corrected chi connectivity index (χ2v) is 7.29. The van der Waals surface area contributed by atoms with E-state index in [-0.39, 0.29) is 11.8 Å². The summed E-state index contributed by atoms with van der Waals surface area (Å²) in [5.41, 5.74) is 2.92. The number of nitrogens with zero attached hydrogens (tertiary/aromatic N) is 1. The predicted molar refractivity (Wildman–Crippen MR) is 120 cm³/mol. The Morgan fingerprint density at radius 2 is 1.84 bits per heavy atom. The molecule has 158 valence electrons. The SMILES string of the molecule is COc1cc(C(=O)Nc2cccc(N3CCCC3=O)c2)ccc1OCc1ccccc1. The lowest BCUT2D eigenvalue weighted by atomic mass is 10.1. The van der Waals surface area contributed by atoms with Crippen molar-refractivity contribution in [3.05, 3.63) is 83.9 Å². The van der Waals surface area contributed by atoms with Crippen molar-refractivity contribution in [1.82, 2.24) is 0 Å². The number of carbonyl (C=O) groups is 2. The molecule has 0 unspecified atom stereocenters. The average molecular weight is 416 g/mol. The maximum atomic E-state index is 12.8. The van der Waals surface area contributed by atoms with Gasteiger partial charge in [-0.15, -0.1) is 0 Å². The zero-order valence-corrected chi connectivity index (χ0v) is 17.3. The van der Waals surface area contributed by atoms with Crippen LogP contribution in [0.5, 0.6) is 11.5 Å². The summed E-state index contributed by atoms with van der Waals surface area (Å²) < 4.78 is 11.3. The topological polar surface area (TPSA) is 67.9 Å². The van der Waals surface area contributed by atoms with Gasteiger partial charge >= 0.3 is 0 Å². The van der Waals surface area contributed by atoms with E-state index in [0.29, 0.717) is 42.3 Å². The molecule has 0 bridgehead atoms. The number of carbonyl (C=O) groups excluding carboxylic acids is 2. The molecule has 4 rings (SSSR count). The Balaban J connectivity index is 1.45. The van der Waals surface area contributed by atoms with Crippen LogP contribution in [-0.2, 0) is 11.4 Å². The summed E-state index contributed by atoms with van der Waals surface area (Å²) in [7, 11) is 1.54. The van der Waals surface area contributed by atoms with Crippen LogP contribution in [0.1, 0.15) is 28.8 Å². The second-order valence-electron chi connectivity index (χ2n) is 7.29. The summed E-state index contributed by atoms with van der Waals surface area (Å²) in [4.78, 5) is 26.5. The maximum absolute atomic E-state index is 12.8. The molecular weight excluding hydrogens is 392 g/mol. The third-order valence-corrected chi connectivity index (χ3v) is 5.15. The van der Waals surface area contributed by atoms with E-state index >= 15 is 0 Å². The normalized spacial score (nSPS) is 13.2. The third-order valence-electron chi connectivity index (χ3n) is 5.15. The molecule has 0 saturated carbocycles. The van der Waals surface area contributed by atoms with Gasteiger partial charge in [-0.25, -0.2) is 0 Å². The number of benzene rings is 3. The van der Waals surface area contributed by atoms with E-state index in [1.807, 2.05) is 48.5 Å². The minimum atomic E-state index is -0.266. The molecule has 31 heavy (non-hydrogen) atoms. The molecule has 0 aliphatic carbocycles. The smallest absolute Gasteiger partial charge is 0.255 e. The van der Waals surface area contributed by atoms with E-state index < -0.39 is 0 Å². The van der Waals surface area contributed by atoms with Gasteiger partial charge in [0.1, 0.15) is 6.61 Å². The minimum absolute atomic E-state index is 0.110. The highest BCUT2D eigenvalue weighted by molar-refractivity contribution is 6.05. The maximum Gasteiger partial charge on any atom is 0.255 e. The molecule has 2 amide bonds. The number of hydrogen-bond donors (Lipinski definition) is 1. The van der Waals surface area contributed by atoms with Crippen LogP contribution in [0.25, 0.3) is 0 Å². The van der Waals surface area contributed by atoms with Crippen LogP contribution < -0.4 is 19.7 Å². The molecule has 6 heteroatoms. The number of amides is 2. The molecule has 0 spiro atoms. The van der Waals surface area contributed by atoms with Crippen LogP contribution in [-0.4, -0.2) is 25.5 Å². The van der Waals surface area contributed by atoms with Gasteiger partial charge in [0.15, 0.2) is 11.5 Å². The first-order valence-corrected chi connectivity index (χ1v) is 10.2. The first kappa shape index (κ1) is 20.5. The van der Waals surface area contributed by atoms with Gasteiger partial charge in [-0.05, 0) is 48.4 Å². The third kappa shape index (κ3) is 4.86. The van der Waals surface area contributed by atoms with Crippen molar-refractivity contribution in [3.63, 3.8) is 0 Å². The molecule has 1 fully saturated rings. The molecule has 0 atom stereocenters. The number of anilines is 2. The van der Waals surface area contributed by atoms with E-state index in [1.165, 1.54) is 0 Å². The molecule has 3 aromatic carbocycles. The molecular formula is C25H24N2O4. The first-order chi connectivity index (χ1) is 15.1. The monoisotopic (exact) mass is 416 g/mol. The summed E-state index contributed by atoms with van der Waals surface area (Å²) in [6, 6.07) is 22.2. The van der Waals surface area contributed by atoms with E-state index in [9.17, 15) is 9.59 Å². The van der Waals surface area contributed by atoms with E-state index in [4.69, 9.17) is 9.47 Å². The van der Waals surface area contributed by atoms with Crippen molar-refractivity contribution < 1.29 is 19.1 Å². The van der Waals surface area contributed by atoms with Gasteiger partial charge in [-0.1, -0.05) is 36.4 Å². The fourth-order valence-electron chi connectivity index (χ4n) is 3.54. The lowest BCUT2D eigenvalue weighted by Crippen LogP contribution is -2.23. The summed E-state index contributed by atoms with van der Waals surface area (Å²) >= 11 is 0. The van der Waals surface area contributed by atoms with Crippen LogP contribution in [0.4, 0.5) is 11.4 Å². The highest BCUT2D eigenvalue weighted by atomic mass is 16.5. The first-order valence-electron chi connectivity index (χ1n) is 10.2. The Labute approximate surface area is 181 Å². The molecule has 1 aliphatic heterocycles. The number of methoxy groups -OCH3 is 1. The van der Waals surface area contributed by atoms with Crippen molar-refractivity contribution in [2.75, 3.05) is 23.9 Å². The molecule has 6 nitrogen and oxygen atoms in total. The Morgan fingerprint density at radius 1 is 1.00 bits per heavy atom. The standard InChI is InChI=1S/C25H24N2O4/c1-30-23-15-19(12-13-22(23)31-17-18-7-3-2-4-8-18)25(29)26-20-9-5-10-21(16-20)27-14-6-11-24(27)28/h2-5,7-10,12-13,15-16H,6,11,14,17H2,1H3,(H,26,29). The van der Waals surface area contributed by atoms with Crippen molar-refractivity contribution in [3.8, 4) is 11.5 Å². The van der Waals surface area contributed by atoms with Crippen LogP contribution in [0, 0.1) is 0 Å². The number of nitrogens with one attached hydrogen (secondary N) is 1. The van der Waals surface area contributed by atoms with Crippen molar-refractivity contribution in [2.45, 2.75) is 19.4 Å². The van der Waals surface area contributed by atoms with E-state index in [2.05, 4.69) is 5.32 Å². The highest BCUT2D eigenvalue weighted by Gasteiger charge is 2.22. The summed E-state index contributed by atoms with van der Waals surface area (Å²) in [5, 5.41) is 2.89. The predicted octanol–water partition coefficient (Wildman–Crippen LogP) is 4.65. The zero-order chi connectivity index (χ0) is 21.6.